The number of likely N-dealkylation sites (tertiary alicyclic amines) is 1. The molecule has 3 unspecified atom stereocenters. The fourth-order valence-electron chi connectivity index (χ4n) is 3.38. The van der Waals surface area contributed by atoms with Crippen molar-refractivity contribution in [3.63, 3.8) is 0 Å². The number of fused-ring (bicyclic) bond motifs is 1. The number of halogens is 2. The fourth-order valence-corrected chi connectivity index (χ4v) is 3.76. The van der Waals surface area contributed by atoms with Crippen LogP contribution in [-0.4, -0.2) is 34.5 Å². The summed E-state index contributed by atoms with van der Waals surface area (Å²) in [4.78, 5) is 25.9. The number of nitrogens with zero attached hydrogens (tertiary/aromatic N) is 2. The molecule has 0 aromatic carbocycles. The van der Waals surface area contributed by atoms with E-state index in [-0.39, 0.29) is 36.5 Å². The highest BCUT2D eigenvalue weighted by atomic mass is 79.9. The zero-order chi connectivity index (χ0) is 14.3. The number of pyridine rings is 1. The zero-order valence-corrected chi connectivity index (χ0v) is 14.0. The highest BCUT2D eigenvalue weighted by Gasteiger charge is 2.42. The maximum absolute atomic E-state index is 12.3. The normalized spacial score (nSPS) is 27.3. The van der Waals surface area contributed by atoms with Crippen molar-refractivity contribution in [1.82, 2.24) is 9.47 Å². The molecule has 0 bridgehead atoms. The Kier molecular flexibility index (Phi) is 5.11. The van der Waals surface area contributed by atoms with E-state index in [4.69, 9.17) is 5.73 Å². The number of nitrogens with two attached hydrogens (primary N) is 1. The van der Waals surface area contributed by atoms with Crippen LogP contribution in [0.3, 0.4) is 0 Å². The third-order valence-electron chi connectivity index (χ3n) is 4.52. The second-order valence-electron chi connectivity index (χ2n) is 5.78. The van der Waals surface area contributed by atoms with Crippen LogP contribution in [0.1, 0.15) is 12.8 Å². The molecule has 116 valence electrons. The van der Waals surface area contributed by atoms with Gasteiger partial charge in [-0.2, -0.15) is 0 Å². The number of hydrogen-bond donors (Lipinski definition) is 1. The van der Waals surface area contributed by atoms with E-state index in [0.717, 1.165) is 30.4 Å². The minimum atomic E-state index is -0.155. The molecule has 2 heterocycles. The van der Waals surface area contributed by atoms with E-state index in [1.165, 1.54) is 10.6 Å². The van der Waals surface area contributed by atoms with E-state index in [9.17, 15) is 9.59 Å². The summed E-state index contributed by atoms with van der Waals surface area (Å²) >= 11 is 3.32. The van der Waals surface area contributed by atoms with E-state index in [0.29, 0.717) is 11.8 Å². The average molecular weight is 377 g/mol. The number of rotatable bonds is 2. The first kappa shape index (κ1) is 16.5. The Morgan fingerprint density at radius 2 is 2.10 bits per heavy atom. The van der Waals surface area contributed by atoms with Gasteiger partial charge in [0.2, 0.25) is 5.91 Å². The van der Waals surface area contributed by atoms with Gasteiger partial charge in [0.15, 0.2) is 0 Å². The van der Waals surface area contributed by atoms with Gasteiger partial charge in [-0.1, -0.05) is 0 Å². The smallest absolute Gasteiger partial charge is 0.251 e. The third kappa shape index (κ3) is 3.33. The van der Waals surface area contributed by atoms with Crippen LogP contribution in [0.2, 0.25) is 0 Å². The molecule has 3 atom stereocenters. The van der Waals surface area contributed by atoms with Gasteiger partial charge in [-0.15, -0.1) is 12.4 Å². The standard InChI is InChI=1S/C14H18BrN3O2.ClH/c15-10-2-4-13(19)18(6-10)8-14(20)17-5-9-1-3-12(16)11(9)7-17;/h2,4,6,9,11-12H,1,3,5,7-8,16H2;1H. The van der Waals surface area contributed by atoms with Crippen molar-refractivity contribution in [2.24, 2.45) is 17.6 Å². The molecule has 0 radical (unpaired) electrons. The Bertz CT molecular complexity index is 592. The quantitative estimate of drug-likeness (QED) is 0.844. The zero-order valence-electron chi connectivity index (χ0n) is 11.6. The van der Waals surface area contributed by atoms with Crippen molar-refractivity contribution in [3.05, 3.63) is 33.2 Å². The van der Waals surface area contributed by atoms with Crippen molar-refractivity contribution >= 4 is 34.2 Å². The number of amides is 1. The van der Waals surface area contributed by atoms with Gasteiger partial charge >= 0.3 is 0 Å². The maximum atomic E-state index is 12.3. The Morgan fingerprint density at radius 1 is 1.33 bits per heavy atom. The van der Waals surface area contributed by atoms with Crippen LogP contribution in [0.15, 0.2) is 27.6 Å². The molecule has 2 N–H and O–H groups in total. The van der Waals surface area contributed by atoms with E-state index < -0.39 is 0 Å². The molecule has 1 aliphatic heterocycles. The molecule has 0 spiro atoms. The average Bonchev–Trinajstić information content (AvgIpc) is 2.97. The second-order valence-corrected chi connectivity index (χ2v) is 6.69. The van der Waals surface area contributed by atoms with Gasteiger partial charge in [-0.3, -0.25) is 9.59 Å². The first-order valence-corrected chi connectivity index (χ1v) is 7.73. The monoisotopic (exact) mass is 375 g/mol. The number of aromatic nitrogens is 1. The molecule has 3 rings (SSSR count). The molecule has 1 aromatic rings. The van der Waals surface area contributed by atoms with Gasteiger partial charge in [0.05, 0.1) is 0 Å². The molecule has 1 amide bonds. The summed E-state index contributed by atoms with van der Waals surface area (Å²) in [7, 11) is 0. The molecule has 21 heavy (non-hydrogen) atoms. The van der Waals surface area contributed by atoms with Crippen LogP contribution in [0.4, 0.5) is 0 Å². The number of carbonyl (C=O) groups excluding carboxylic acids is 1. The molecule has 2 fully saturated rings. The van der Waals surface area contributed by atoms with Crippen LogP contribution in [-0.2, 0) is 11.3 Å². The predicted octanol–water partition coefficient (Wildman–Crippen LogP) is 1.23. The summed E-state index contributed by atoms with van der Waals surface area (Å²) in [6.45, 7) is 1.64. The molecule has 7 heteroatoms. The molecule has 2 aliphatic rings. The number of hydrogen-bond acceptors (Lipinski definition) is 3. The molecule has 1 saturated heterocycles. The molecular formula is C14H19BrClN3O2. The first-order chi connectivity index (χ1) is 9.54. The van der Waals surface area contributed by atoms with Gasteiger partial charge in [-0.05, 0) is 46.7 Å². The van der Waals surface area contributed by atoms with Crippen molar-refractivity contribution in [1.29, 1.82) is 0 Å². The summed E-state index contributed by atoms with van der Waals surface area (Å²) in [5.74, 6) is 0.998. The number of carbonyl (C=O) groups is 1. The summed E-state index contributed by atoms with van der Waals surface area (Å²) in [5.41, 5.74) is 5.92. The molecular weight excluding hydrogens is 358 g/mol. The van der Waals surface area contributed by atoms with Crippen molar-refractivity contribution in [2.75, 3.05) is 13.1 Å². The Balaban J connectivity index is 0.00000161. The molecule has 1 aliphatic carbocycles. The van der Waals surface area contributed by atoms with Gasteiger partial charge in [0.1, 0.15) is 6.54 Å². The van der Waals surface area contributed by atoms with Crippen LogP contribution < -0.4 is 11.3 Å². The minimum Gasteiger partial charge on any atom is -0.341 e. The van der Waals surface area contributed by atoms with Gasteiger partial charge in [0.25, 0.3) is 5.56 Å². The second kappa shape index (κ2) is 6.50. The largest absolute Gasteiger partial charge is 0.341 e. The van der Waals surface area contributed by atoms with E-state index in [1.807, 2.05) is 4.90 Å². The van der Waals surface area contributed by atoms with E-state index in [1.54, 1.807) is 12.3 Å². The third-order valence-corrected chi connectivity index (χ3v) is 4.99. The van der Waals surface area contributed by atoms with Gasteiger partial charge in [-0.25, -0.2) is 0 Å². The summed E-state index contributed by atoms with van der Waals surface area (Å²) in [6.07, 6.45) is 3.85. The molecule has 1 aromatic heterocycles. The summed E-state index contributed by atoms with van der Waals surface area (Å²) < 4.78 is 2.24. The van der Waals surface area contributed by atoms with Crippen LogP contribution in [0.5, 0.6) is 0 Å². The van der Waals surface area contributed by atoms with Crippen LogP contribution in [0, 0.1) is 11.8 Å². The van der Waals surface area contributed by atoms with Gasteiger partial charge in [0, 0.05) is 35.9 Å². The highest BCUT2D eigenvalue weighted by molar-refractivity contribution is 9.10. The van der Waals surface area contributed by atoms with Crippen LogP contribution in [0.25, 0.3) is 0 Å². The Morgan fingerprint density at radius 3 is 2.81 bits per heavy atom. The van der Waals surface area contributed by atoms with E-state index in [2.05, 4.69) is 15.9 Å². The maximum Gasteiger partial charge on any atom is 0.251 e. The van der Waals surface area contributed by atoms with Crippen molar-refractivity contribution in [3.8, 4) is 0 Å². The Hall–Kier alpha value is -0.850. The predicted molar refractivity (Wildman–Crippen MR) is 86.4 cm³/mol. The highest BCUT2D eigenvalue weighted by Crippen LogP contribution is 2.37. The Labute approximate surface area is 138 Å². The lowest BCUT2D eigenvalue weighted by Crippen LogP contribution is -2.37. The lowest BCUT2D eigenvalue weighted by molar-refractivity contribution is -0.131. The summed E-state index contributed by atoms with van der Waals surface area (Å²) in [5, 5.41) is 0. The topological polar surface area (TPSA) is 68.3 Å². The summed E-state index contributed by atoms with van der Waals surface area (Å²) in [6, 6.07) is 3.38. The van der Waals surface area contributed by atoms with Crippen LogP contribution >= 0.6 is 28.3 Å². The van der Waals surface area contributed by atoms with Crippen molar-refractivity contribution < 1.29 is 4.79 Å². The lowest BCUT2D eigenvalue weighted by Gasteiger charge is -2.19. The SMILES string of the molecule is Cl.NC1CCC2CN(C(=O)Cn3cc(Br)ccc3=O)CC12. The first-order valence-electron chi connectivity index (χ1n) is 6.94. The lowest BCUT2D eigenvalue weighted by atomic mass is 9.98. The van der Waals surface area contributed by atoms with Crippen molar-refractivity contribution in [2.45, 2.75) is 25.4 Å². The van der Waals surface area contributed by atoms with E-state index >= 15 is 0 Å². The van der Waals surface area contributed by atoms with Gasteiger partial charge < -0.3 is 15.2 Å². The minimum absolute atomic E-state index is 0. The molecule has 5 nitrogen and oxygen atoms in total. The molecule has 1 saturated carbocycles. The fraction of sp³-hybridized carbons (Fsp3) is 0.571.